The number of fused-ring (bicyclic) bond motifs is 2. The smallest absolute Gasteiger partial charge is 0.226 e. The van der Waals surface area contributed by atoms with E-state index in [1.165, 1.54) is 5.56 Å². The quantitative estimate of drug-likeness (QED) is 0.642. The van der Waals surface area contributed by atoms with Gasteiger partial charge in [0, 0.05) is 37.4 Å². The van der Waals surface area contributed by atoms with Gasteiger partial charge in [-0.05, 0) is 50.5 Å². The summed E-state index contributed by atoms with van der Waals surface area (Å²) in [6, 6.07) is 14.0. The third-order valence-corrected chi connectivity index (χ3v) is 6.51. The van der Waals surface area contributed by atoms with Crippen molar-refractivity contribution >= 4 is 22.8 Å². The Morgan fingerprint density at radius 1 is 1.09 bits per heavy atom. The number of rotatable bonds is 5. The highest BCUT2D eigenvalue weighted by molar-refractivity contribution is 5.82. The summed E-state index contributed by atoms with van der Waals surface area (Å²) in [7, 11) is 0. The number of piperidine rings is 1. The number of aryl methyl sites for hydroxylation is 2. The van der Waals surface area contributed by atoms with Crippen LogP contribution in [0.25, 0.3) is 10.9 Å². The summed E-state index contributed by atoms with van der Waals surface area (Å²) in [6.45, 7) is 6.77. The molecule has 7 heteroatoms. The summed E-state index contributed by atoms with van der Waals surface area (Å²) in [4.78, 5) is 24.4. The molecule has 172 valence electrons. The van der Waals surface area contributed by atoms with Crippen molar-refractivity contribution in [3.05, 3.63) is 53.7 Å². The van der Waals surface area contributed by atoms with E-state index in [0.29, 0.717) is 13.2 Å². The molecule has 0 saturated carbocycles. The lowest BCUT2D eigenvalue weighted by Crippen LogP contribution is -2.42. The maximum Gasteiger partial charge on any atom is 0.226 e. The number of nitrogens with zero attached hydrogens (tertiary/aromatic N) is 3. The molecule has 2 aliphatic heterocycles. The molecule has 0 unspecified atom stereocenters. The largest absolute Gasteiger partial charge is 0.486 e. The monoisotopic (exact) mass is 446 g/mol. The molecule has 3 heterocycles. The molecule has 1 aromatic heterocycles. The number of aromatic nitrogens is 2. The van der Waals surface area contributed by atoms with Gasteiger partial charge in [0.05, 0.1) is 11.2 Å². The van der Waals surface area contributed by atoms with E-state index in [-0.39, 0.29) is 17.9 Å². The van der Waals surface area contributed by atoms with Crippen LogP contribution in [-0.4, -0.2) is 48.2 Å². The second kappa shape index (κ2) is 9.25. The van der Waals surface area contributed by atoms with Crippen LogP contribution in [0.2, 0.25) is 0 Å². The lowest BCUT2D eigenvalue weighted by Gasteiger charge is -2.32. The third kappa shape index (κ3) is 4.72. The average Bonchev–Trinajstić information content (AvgIpc) is 2.83. The topological polar surface area (TPSA) is 76.6 Å². The van der Waals surface area contributed by atoms with Gasteiger partial charge < -0.3 is 19.7 Å². The lowest BCUT2D eigenvalue weighted by atomic mass is 9.96. The number of para-hydroxylation sites is 2. The fraction of sp³-hybridized carbons (Fsp3) is 0.423. The summed E-state index contributed by atoms with van der Waals surface area (Å²) in [6.07, 6.45) is 2.29. The predicted octanol–water partition coefficient (Wildman–Crippen LogP) is 3.81. The van der Waals surface area contributed by atoms with Crippen LogP contribution in [0.5, 0.6) is 11.5 Å². The number of hydrogen-bond donors (Lipinski definition) is 1. The Morgan fingerprint density at radius 3 is 2.70 bits per heavy atom. The molecule has 0 spiro atoms. The van der Waals surface area contributed by atoms with Crippen molar-refractivity contribution in [1.29, 1.82) is 0 Å². The zero-order chi connectivity index (χ0) is 22.8. The molecule has 7 nitrogen and oxygen atoms in total. The van der Waals surface area contributed by atoms with Gasteiger partial charge in [-0.15, -0.1) is 0 Å². The number of carbonyl (C=O) groups excluding carboxylic acids is 1. The van der Waals surface area contributed by atoms with Crippen molar-refractivity contribution in [3.63, 3.8) is 0 Å². The van der Waals surface area contributed by atoms with Gasteiger partial charge in [-0.2, -0.15) is 0 Å². The molecule has 2 aromatic carbocycles. The van der Waals surface area contributed by atoms with Crippen molar-refractivity contribution in [2.75, 3.05) is 31.1 Å². The SMILES string of the molecule is Cc1ccc2c(C)nc(N3CCC(C(=O)NCC[C@@H]4COc5ccccc5O4)CC3)nc2c1. The molecule has 0 radical (unpaired) electrons. The first-order chi connectivity index (χ1) is 16.1. The van der Waals surface area contributed by atoms with E-state index in [4.69, 9.17) is 19.4 Å². The molecule has 0 bridgehead atoms. The standard InChI is InChI=1S/C26H30N4O3/c1-17-7-8-21-18(2)28-26(29-22(21)15-17)30-13-10-19(11-14-30)25(31)27-12-9-20-16-32-23-5-3-4-6-24(23)33-20/h3-8,15,19-20H,9-14,16H2,1-2H3,(H,27,31)/t20-/m1/s1. The van der Waals surface area contributed by atoms with E-state index < -0.39 is 0 Å². The molecule has 1 fully saturated rings. The second-order valence-corrected chi connectivity index (χ2v) is 8.97. The highest BCUT2D eigenvalue weighted by Gasteiger charge is 2.27. The number of anilines is 1. The second-order valence-electron chi connectivity index (χ2n) is 8.97. The molecule has 5 rings (SSSR count). The predicted molar refractivity (Wildman–Crippen MR) is 128 cm³/mol. The van der Waals surface area contributed by atoms with Crippen molar-refractivity contribution in [1.82, 2.24) is 15.3 Å². The fourth-order valence-corrected chi connectivity index (χ4v) is 4.57. The molecule has 1 atom stereocenters. The number of amides is 1. The minimum atomic E-state index is -0.0426. The minimum absolute atomic E-state index is 0.0225. The molecule has 1 N–H and O–H groups in total. The maximum atomic E-state index is 12.7. The van der Waals surface area contributed by atoms with Crippen LogP contribution < -0.4 is 19.7 Å². The van der Waals surface area contributed by atoms with Crippen LogP contribution >= 0.6 is 0 Å². The Morgan fingerprint density at radius 2 is 1.88 bits per heavy atom. The number of carbonyl (C=O) groups is 1. The number of benzene rings is 2. The number of hydrogen-bond acceptors (Lipinski definition) is 6. The van der Waals surface area contributed by atoms with E-state index in [0.717, 1.165) is 66.4 Å². The maximum absolute atomic E-state index is 12.7. The van der Waals surface area contributed by atoms with Crippen LogP contribution in [0.15, 0.2) is 42.5 Å². The first kappa shape index (κ1) is 21.5. The van der Waals surface area contributed by atoms with Gasteiger partial charge in [-0.1, -0.05) is 24.3 Å². The average molecular weight is 447 g/mol. The summed E-state index contributed by atoms with van der Waals surface area (Å²) < 4.78 is 11.7. The van der Waals surface area contributed by atoms with E-state index in [1.54, 1.807) is 0 Å². The third-order valence-electron chi connectivity index (χ3n) is 6.51. The summed E-state index contributed by atoms with van der Waals surface area (Å²) in [5.74, 6) is 2.46. The number of ether oxygens (including phenoxy) is 2. The fourth-order valence-electron chi connectivity index (χ4n) is 4.57. The molecular weight excluding hydrogens is 416 g/mol. The molecule has 33 heavy (non-hydrogen) atoms. The summed E-state index contributed by atoms with van der Waals surface area (Å²) >= 11 is 0. The first-order valence-corrected chi connectivity index (χ1v) is 11.7. The summed E-state index contributed by atoms with van der Waals surface area (Å²) in [5, 5.41) is 4.19. The van der Waals surface area contributed by atoms with Crippen molar-refractivity contribution in [2.45, 2.75) is 39.2 Å². The Kier molecular flexibility index (Phi) is 6.03. The first-order valence-electron chi connectivity index (χ1n) is 11.7. The summed E-state index contributed by atoms with van der Waals surface area (Å²) in [5.41, 5.74) is 3.16. The van der Waals surface area contributed by atoms with E-state index in [2.05, 4.69) is 35.3 Å². The van der Waals surface area contributed by atoms with Crippen molar-refractivity contribution in [3.8, 4) is 11.5 Å². The zero-order valence-electron chi connectivity index (χ0n) is 19.2. The van der Waals surface area contributed by atoms with Gasteiger partial charge in [0.15, 0.2) is 11.5 Å². The van der Waals surface area contributed by atoms with Gasteiger partial charge in [0.1, 0.15) is 12.7 Å². The van der Waals surface area contributed by atoms with Gasteiger partial charge in [-0.25, -0.2) is 9.97 Å². The van der Waals surface area contributed by atoms with Gasteiger partial charge >= 0.3 is 0 Å². The molecule has 1 amide bonds. The highest BCUT2D eigenvalue weighted by atomic mass is 16.6. The lowest BCUT2D eigenvalue weighted by molar-refractivity contribution is -0.125. The van der Waals surface area contributed by atoms with Crippen LogP contribution in [0.4, 0.5) is 5.95 Å². The van der Waals surface area contributed by atoms with E-state index in [9.17, 15) is 4.79 Å². The van der Waals surface area contributed by atoms with Crippen LogP contribution in [0.1, 0.15) is 30.5 Å². The van der Waals surface area contributed by atoms with E-state index >= 15 is 0 Å². The molecule has 3 aromatic rings. The zero-order valence-corrected chi connectivity index (χ0v) is 19.2. The van der Waals surface area contributed by atoms with Crippen LogP contribution in [0, 0.1) is 19.8 Å². The van der Waals surface area contributed by atoms with Crippen LogP contribution in [-0.2, 0) is 4.79 Å². The van der Waals surface area contributed by atoms with Gasteiger partial charge in [-0.3, -0.25) is 4.79 Å². The highest BCUT2D eigenvalue weighted by Crippen LogP contribution is 2.31. The Hall–Kier alpha value is -3.35. The molecule has 1 saturated heterocycles. The minimum Gasteiger partial charge on any atom is -0.486 e. The Balaban J connectivity index is 1.11. The van der Waals surface area contributed by atoms with E-state index in [1.807, 2.05) is 31.2 Å². The molecule has 2 aliphatic rings. The van der Waals surface area contributed by atoms with Gasteiger partial charge in [0.2, 0.25) is 11.9 Å². The normalized spacial score (nSPS) is 18.4. The Bertz CT molecular complexity index is 1160. The van der Waals surface area contributed by atoms with Crippen LogP contribution in [0.3, 0.4) is 0 Å². The van der Waals surface area contributed by atoms with Gasteiger partial charge in [0.25, 0.3) is 0 Å². The Labute approximate surface area is 194 Å². The van der Waals surface area contributed by atoms with Crippen molar-refractivity contribution < 1.29 is 14.3 Å². The molecule has 0 aliphatic carbocycles. The number of nitrogens with one attached hydrogen (secondary N) is 1. The molecular formula is C26H30N4O3. The van der Waals surface area contributed by atoms with Crippen molar-refractivity contribution in [2.24, 2.45) is 5.92 Å².